The van der Waals surface area contributed by atoms with E-state index in [4.69, 9.17) is 19.4 Å². The van der Waals surface area contributed by atoms with Gasteiger partial charge < -0.3 is 14.9 Å². The van der Waals surface area contributed by atoms with E-state index in [1.807, 2.05) is 0 Å². The second kappa shape index (κ2) is 3.11. The Morgan fingerprint density at radius 3 is 1.67 bits per heavy atom. The summed E-state index contributed by atoms with van der Waals surface area (Å²) >= 11 is 0. The van der Waals surface area contributed by atoms with Crippen molar-refractivity contribution >= 4 is 23.7 Å². The Morgan fingerprint density at radius 1 is 1.33 bits per heavy atom. The van der Waals surface area contributed by atoms with Crippen molar-refractivity contribution in [3.8, 4) is 0 Å². The van der Waals surface area contributed by atoms with E-state index in [0.29, 0.717) is 0 Å². The van der Waals surface area contributed by atoms with E-state index in [9.17, 15) is 17.8 Å². The summed E-state index contributed by atoms with van der Waals surface area (Å²) in [5.41, 5.74) is 0. The van der Waals surface area contributed by atoms with Gasteiger partial charge in [-0.25, -0.2) is 0 Å². The van der Waals surface area contributed by atoms with Crippen LogP contribution < -0.4 is 0 Å². The van der Waals surface area contributed by atoms with Crippen LogP contribution in [0.15, 0.2) is 0 Å². The van der Waals surface area contributed by atoms with Crippen LogP contribution in [0.1, 0.15) is 0 Å². The van der Waals surface area contributed by atoms with Crippen LogP contribution in [0.5, 0.6) is 0 Å². The molecule has 72 valence electrons. The molecular weight excluding hydrogens is 215 g/mol. The molecule has 0 aromatic heterocycles. The molecule has 0 aromatic rings. The quantitative estimate of drug-likeness (QED) is 0.330. The lowest BCUT2D eigenvalue weighted by Crippen LogP contribution is -2.29. The summed E-state index contributed by atoms with van der Waals surface area (Å²) in [7, 11) is -10.7. The third-order valence-corrected chi connectivity index (χ3v) is 4.02. The van der Waals surface area contributed by atoms with Gasteiger partial charge in [-0.3, -0.25) is 13.9 Å². The summed E-state index contributed by atoms with van der Waals surface area (Å²) in [6.07, 6.45) is 0. The molecule has 0 radical (unpaired) electrons. The van der Waals surface area contributed by atoms with Crippen LogP contribution in [0, 0.1) is 0 Å². The van der Waals surface area contributed by atoms with Crippen molar-refractivity contribution in [2.45, 2.75) is 4.99 Å². The third kappa shape index (κ3) is 2.88. The molecule has 0 spiro atoms. The molecule has 0 aliphatic carbocycles. The zero-order chi connectivity index (χ0) is 10.2. The lowest BCUT2D eigenvalue weighted by Gasteiger charge is -2.09. The van der Waals surface area contributed by atoms with Crippen molar-refractivity contribution in [1.29, 1.82) is 0 Å². The second-order valence-corrected chi connectivity index (χ2v) is 5.34. The average Bonchev–Trinajstić information content (AvgIpc) is 1.49. The van der Waals surface area contributed by atoms with Crippen LogP contribution in [0.2, 0.25) is 0 Å². The zero-order valence-corrected chi connectivity index (χ0v) is 7.07. The van der Waals surface area contributed by atoms with E-state index < -0.39 is 28.7 Å². The van der Waals surface area contributed by atoms with Crippen molar-refractivity contribution in [3.05, 3.63) is 0 Å². The SMILES string of the molecule is O=C(O)C(P(=O)(O)O)S(=O)(=O)O. The van der Waals surface area contributed by atoms with Crippen LogP contribution >= 0.6 is 7.60 Å². The maximum Gasteiger partial charge on any atom is 0.357 e. The third-order valence-electron chi connectivity index (χ3n) is 0.799. The Hall–Kier alpha value is -0.470. The maximum atomic E-state index is 10.2. The van der Waals surface area contributed by atoms with E-state index in [-0.39, 0.29) is 0 Å². The number of carbonyl (C=O) groups is 1. The van der Waals surface area contributed by atoms with Gasteiger partial charge in [-0.15, -0.1) is 0 Å². The lowest BCUT2D eigenvalue weighted by atomic mass is 10.8. The molecule has 0 saturated heterocycles. The number of hydrogen-bond acceptors (Lipinski definition) is 4. The van der Waals surface area contributed by atoms with Crippen molar-refractivity contribution in [3.63, 3.8) is 0 Å². The largest absolute Gasteiger partial charge is 0.480 e. The van der Waals surface area contributed by atoms with Gasteiger partial charge in [0.1, 0.15) is 0 Å². The molecule has 0 fully saturated rings. The Kier molecular flexibility index (Phi) is 2.99. The van der Waals surface area contributed by atoms with Crippen molar-refractivity contribution in [2.24, 2.45) is 0 Å². The van der Waals surface area contributed by atoms with E-state index in [2.05, 4.69) is 0 Å². The minimum absolute atomic E-state index is 2.30. The van der Waals surface area contributed by atoms with Gasteiger partial charge in [0.25, 0.3) is 15.1 Å². The van der Waals surface area contributed by atoms with Gasteiger partial charge >= 0.3 is 13.6 Å². The smallest absolute Gasteiger partial charge is 0.357 e. The molecule has 0 bridgehead atoms. The van der Waals surface area contributed by atoms with Crippen LogP contribution in [-0.2, 0) is 19.5 Å². The van der Waals surface area contributed by atoms with E-state index in [1.54, 1.807) is 0 Å². The lowest BCUT2D eigenvalue weighted by molar-refractivity contribution is -0.135. The summed E-state index contributed by atoms with van der Waals surface area (Å²) in [6, 6.07) is 0. The second-order valence-electron chi connectivity index (χ2n) is 1.79. The number of rotatable bonds is 3. The minimum atomic E-state index is -5.39. The Labute approximate surface area is 66.7 Å². The highest BCUT2D eigenvalue weighted by Crippen LogP contribution is 2.43. The Bertz CT molecular complexity index is 321. The van der Waals surface area contributed by atoms with Crippen molar-refractivity contribution < 1.29 is 37.2 Å². The summed E-state index contributed by atoms with van der Waals surface area (Å²) < 4.78 is 38.5. The van der Waals surface area contributed by atoms with E-state index in [0.717, 1.165) is 0 Å². The van der Waals surface area contributed by atoms with Crippen LogP contribution in [0.25, 0.3) is 0 Å². The first-order chi connectivity index (χ1) is 5.07. The number of carboxylic acids is 1. The van der Waals surface area contributed by atoms with Crippen LogP contribution in [0.4, 0.5) is 0 Å². The summed E-state index contributed by atoms with van der Waals surface area (Å²) in [6.45, 7) is 0. The van der Waals surface area contributed by atoms with Crippen LogP contribution in [-0.4, -0.2) is 38.8 Å². The first-order valence-electron chi connectivity index (χ1n) is 2.31. The fourth-order valence-electron chi connectivity index (χ4n) is 0.445. The van der Waals surface area contributed by atoms with Gasteiger partial charge in [0.2, 0.25) is 0 Å². The van der Waals surface area contributed by atoms with Crippen molar-refractivity contribution in [1.82, 2.24) is 0 Å². The molecule has 0 aliphatic heterocycles. The molecule has 0 heterocycles. The van der Waals surface area contributed by atoms with Gasteiger partial charge in [0.15, 0.2) is 0 Å². The summed E-state index contributed by atoms with van der Waals surface area (Å²) in [5.74, 6) is -2.30. The fourth-order valence-corrected chi connectivity index (χ4v) is 2.38. The average molecular weight is 220 g/mol. The highest BCUT2D eigenvalue weighted by Gasteiger charge is 2.46. The number of aliphatic carboxylic acids is 1. The molecule has 1 atom stereocenters. The molecule has 8 nitrogen and oxygen atoms in total. The molecule has 4 N–H and O–H groups in total. The van der Waals surface area contributed by atoms with E-state index >= 15 is 0 Å². The molecule has 0 aliphatic rings. The zero-order valence-electron chi connectivity index (χ0n) is 5.35. The standard InChI is InChI=1S/C2H5O8PS/c3-1(4)2(11(5,6)7)12(8,9)10/h2H,(H,3,4)(H2,5,6,7)(H,8,9,10). The molecule has 0 rings (SSSR count). The van der Waals surface area contributed by atoms with Crippen molar-refractivity contribution in [2.75, 3.05) is 0 Å². The first-order valence-corrected chi connectivity index (χ1v) is 5.49. The minimum Gasteiger partial charge on any atom is -0.480 e. The summed E-state index contributed by atoms with van der Waals surface area (Å²) in [5, 5.41) is 8.01. The van der Waals surface area contributed by atoms with Gasteiger partial charge in [0, 0.05) is 0 Å². The molecule has 12 heavy (non-hydrogen) atoms. The van der Waals surface area contributed by atoms with E-state index in [1.165, 1.54) is 0 Å². The summed E-state index contributed by atoms with van der Waals surface area (Å²) in [4.78, 5) is 23.2. The predicted octanol–water partition coefficient (Wildman–Crippen LogP) is -1.54. The molecular formula is C2H5O8PS. The first kappa shape index (κ1) is 11.5. The maximum absolute atomic E-state index is 10.2. The van der Waals surface area contributed by atoms with Crippen LogP contribution in [0.3, 0.4) is 0 Å². The topological polar surface area (TPSA) is 149 Å². The predicted molar refractivity (Wildman–Crippen MR) is 35.0 cm³/mol. The normalized spacial score (nSPS) is 15.6. The highest BCUT2D eigenvalue weighted by atomic mass is 32.2. The molecule has 0 saturated carbocycles. The van der Waals surface area contributed by atoms with Gasteiger partial charge in [-0.1, -0.05) is 0 Å². The Balaban J connectivity index is 5.26. The molecule has 0 amide bonds. The Morgan fingerprint density at radius 2 is 1.67 bits per heavy atom. The van der Waals surface area contributed by atoms with Gasteiger partial charge in [0.05, 0.1) is 0 Å². The number of hydrogen-bond donors (Lipinski definition) is 4. The molecule has 10 heteroatoms. The molecule has 1 unspecified atom stereocenters. The number of carboxylic acid groups (broad SMARTS) is 1. The monoisotopic (exact) mass is 220 g/mol. The fraction of sp³-hybridized carbons (Fsp3) is 0.500. The van der Waals surface area contributed by atoms with Gasteiger partial charge in [-0.05, 0) is 0 Å². The van der Waals surface area contributed by atoms with Gasteiger partial charge in [-0.2, -0.15) is 8.42 Å². The molecule has 0 aromatic carbocycles. The highest BCUT2D eigenvalue weighted by molar-refractivity contribution is 7.94.